The fourth-order valence-corrected chi connectivity index (χ4v) is 1.79. The molecule has 1 aromatic rings. The van der Waals surface area contributed by atoms with Crippen LogP contribution >= 0.6 is 0 Å². The summed E-state index contributed by atoms with van der Waals surface area (Å²) in [5.74, 6) is 5.83. The van der Waals surface area contributed by atoms with E-state index in [9.17, 15) is 4.79 Å². The van der Waals surface area contributed by atoms with Crippen molar-refractivity contribution in [1.82, 2.24) is 5.32 Å². The first-order valence-corrected chi connectivity index (χ1v) is 7.17. The zero-order valence-electron chi connectivity index (χ0n) is 12.3. The average Bonchev–Trinajstić information content (AvgIpc) is 2.45. The van der Waals surface area contributed by atoms with Crippen LogP contribution in [0.3, 0.4) is 0 Å². The Morgan fingerprint density at radius 3 is 2.85 bits per heavy atom. The van der Waals surface area contributed by atoms with Crippen LogP contribution in [0.4, 0.5) is 0 Å². The third kappa shape index (κ3) is 5.46. The van der Waals surface area contributed by atoms with Gasteiger partial charge in [-0.2, -0.15) is 0 Å². The number of benzene rings is 1. The molecule has 1 aromatic carbocycles. The van der Waals surface area contributed by atoms with E-state index >= 15 is 0 Å². The molecule has 0 atom stereocenters. The molecule has 0 unspecified atom stereocenters. The Labute approximate surface area is 121 Å². The molecule has 0 aliphatic rings. The van der Waals surface area contributed by atoms with Gasteiger partial charge in [0.05, 0.1) is 6.61 Å². The summed E-state index contributed by atoms with van der Waals surface area (Å²) in [5, 5.41) is 11.7. The highest BCUT2D eigenvalue weighted by atomic mass is 16.2. The van der Waals surface area contributed by atoms with Crippen LogP contribution in [0.5, 0.6) is 0 Å². The molecule has 1 amide bonds. The first-order chi connectivity index (χ1) is 9.69. The molecule has 2 N–H and O–H groups in total. The van der Waals surface area contributed by atoms with Crippen molar-refractivity contribution in [3.8, 4) is 11.8 Å². The van der Waals surface area contributed by atoms with Crippen LogP contribution in [-0.2, 0) is 0 Å². The number of aliphatic hydroxyl groups excluding tert-OH is 1. The van der Waals surface area contributed by atoms with Crippen molar-refractivity contribution in [2.24, 2.45) is 0 Å². The Hall–Kier alpha value is -1.79. The summed E-state index contributed by atoms with van der Waals surface area (Å²) in [5.41, 5.74) is 2.53. The van der Waals surface area contributed by atoms with Gasteiger partial charge in [-0.15, -0.1) is 0 Å². The quantitative estimate of drug-likeness (QED) is 0.618. The van der Waals surface area contributed by atoms with Crippen LogP contribution in [0.25, 0.3) is 0 Å². The maximum atomic E-state index is 12.0. The van der Waals surface area contributed by atoms with Gasteiger partial charge in [-0.05, 0) is 31.0 Å². The second-order valence-corrected chi connectivity index (χ2v) is 4.77. The fourth-order valence-electron chi connectivity index (χ4n) is 1.79. The van der Waals surface area contributed by atoms with Gasteiger partial charge in [0.1, 0.15) is 0 Å². The summed E-state index contributed by atoms with van der Waals surface area (Å²) in [7, 11) is 0. The second kappa shape index (κ2) is 9.17. The summed E-state index contributed by atoms with van der Waals surface area (Å²) >= 11 is 0. The van der Waals surface area contributed by atoms with Crippen molar-refractivity contribution in [3.05, 3.63) is 34.9 Å². The normalized spacial score (nSPS) is 9.75. The minimum absolute atomic E-state index is 0.0497. The van der Waals surface area contributed by atoms with Gasteiger partial charge >= 0.3 is 0 Å². The third-order valence-electron chi connectivity index (χ3n) is 3.03. The highest BCUT2D eigenvalue weighted by Crippen LogP contribution is 2.10. The van der Waals surface area contributed by atoms with Crippen LogP contribution in [0.1, 0.15) is 54.1 Å². The lowest BCUT2D eigenvalue weighted by Crippen LogP contribution is -2.24. The minimum Gasteiger partial charge on any atom is -0.395 e. The summed E-state index contributed by atoms with van der Waals surface area (Å²) in [6.45, 7) is 4.88. The first kappa shape index (κ1) is 16.3. The smallest absolute Gasteiger partial charge is 0.251 e. The predicted molar refractivity (Wildman–Crippen MR) is 81.6 cm³/mol. The molecule has 0 saturated heterocycles. The van der Waals surface area contributed by atoms with Gasteiger partial charge in [0.15, 0.2) is 0 Å². The zero-order valence-corrected chi connectivity index (χ0v) is 12.3. The van der Waals surface area contributed by atoms with Crippen molar-refractivity contribution in [2.45, 2.75) is 39.5 Å². The Morgan fingerprint density at radius 2 is 2.15 bits per heavy atom. The Morgan fingerprint density at radius 1 is 1.35 bits per heavy atom. The number of aryl methyl sites for hydroxylation is 1. The topological polar surface area (TPSA) is 49.3 Å². The third-order valence-corrected chi connectivity index (χ3v) is 3.03. The van der Waals surface area contributed by atoms with Gasteiger partial charge in [0, 0.05) is 24.1 Å². The van der Waals surface area contributed by atoms with Gasteiger partial charge in [-0.1, -0.05) is 37.7 Å². The number of unbranched alkanes of at least 4 members (excludes halogenated alkanes) is 2. The fraction of sp³-hybridized carbons (Fsp3) is 0.471. The van der Waals surface area contributed by atoms with Crippen LogP contribution < -0.4 is 5.32 Å². The van der Waals surface area contributed by atoms with Crippen LogP contribution in [-0.4, -0.2) is 24.2 Å². The molecule has 3 heteroatoms. The summed E-state index contributed by atoms with van der Waals surface area (Å²) in [6.07, 6.45) is 3.74. The standard InChI is InChI=1S/C17H23NO2/c1-3-4-6-11-18-17(20)16-10-9-14(2)15(13-16)8-5-7-12-19/h9-10,13,19H,3-4,6-7,11-12H2,1-2H3,(H,18,20). The van der Waals surface area contributed by atoms with Crippen molar-refractivity contribution in [1.29, 1.82) is 0 Å². The lowest BCUT2D eigenvalue weighted by atomic mass is 10.0. The zero-order chi connectivity index (χ0) is 14.8. The number of rotatable bonds is 6. The highest BCUT2D eigenvalue weighted by Gasteiger charge is 2.06. The molecule has 108 valence electrons. The first-order valence-electron chi connectivity index (χ1n) is 7.17. The molecule has 0 fully saturated rings. The molecule has 1 rings (SSSR count). The molecule has 0 radical (unpaired) electrons. The van der Waals surface area contributed by atoms with Crippen molar-refractivity contribution in [3.63, 3.8) is 0 Å². The number of hydrogen-bond acceptors (Lipinski definition) is 2. The summed E-state index contributed by atoms with van der Waals surface area (Å²) in [4.78, 5) is 12.0. The van der Waals surface area contributed by atoms with E-state index in [1.807, 2.05) is 25.1 Å². The molecule has 3 nitrogen and oxygen atoms in total. The van der Waals surface area contributed by atoms with Gasteiger partial charge in [0.25, 0.3) is 5.91 Å². The lowest BCUT2D eigenvalue weighted by molar-refractivity contribution is 0.0953. The number of aliphatic hydroxyl groups is 1. The van der Waals surface area contributed by atoms with Crippen molar-refractivity contribution < 1.29 is 9.90 Å². The summed E-state index contributed by atoms with van der Waals surface area (Å²) < 4.78 is 0. The Balaban J connectivity index is 2.69. The van der Waals surface area contributed by atoms with E-state index in [1.54, 1.807) is 0 Å². The molecule has 0 aromatic heterocycles. The number of hydrogen-bond donors (Lipinski definition) is 2. The van der Waals surface area contributed by atoms with E-state index < -0.39 is 0 Å². The van der Waals surface area contributed by atoms with E-state index in [4.69, 9.17) is 5.11 Å². The van der Waals surface area contributed by atoms with Crippen molar-refractivity contribution >= 4 is 5.91 Å². The van der Waals surface area contributed by atoms with E-state index in [-0.39, 0.29) is 12.5 Å². The molecule has 20 heavy (non-hydrogen) atoms. The van der Waals surface area contributed by atoms with Gasteiger partial charge in [0.2, 0.25) is 0 Å². The molecule has 0 bridgehead atoms. The number of carbonyl (C=O) groups is 1. The average molecular weight is 273 g/mol. The minimum atomic E-state index is -0.0497. The Kier molecular flexibility index (Phi) is 7.46. The van der Waals surface area contributed by atoms with Gasteiger partial charge in [-0.25, -0.2) is 0 Å². The second-order valence-electron chi connectivity index (χ2n) is 4.77. The highest BCUT2D eigenvalue weighted by molar-refractivity contribution is 5.94. The molecule has 0 aliphatic carbocycles. The summed E-state index contributed by atoms with van der Waals surface area (Å²) in [6, 6.07) is 5.54. The number of amides is 1. The van der Waals surface area contributed by atoms with Gasteiger partial charge < -0.3 is 10.4 Å². The predicted octanol–water partition coefficient (Wildman–Crippen LogP) is 2.65. The largest absolute Gasteiger partial charge is 0.395 e. The number of nitrogens with one attached hydrogen (secondary N) is 1. The van der Waals surface area contributed by atoms with Crippen molar-refractivity contribution in [2.75, 3.05) is 13.2 Å². The molecule has 0 saturated carbocycles. The van der Waals surface area contributed by atoms with Gasteiger partial charge in [-0.3, -0.25) is 4.79 Å². The molecular weight excluding hydrogens is 250 g/mol. The number of carbonyl (C=O) groups excluding carboxylic acids is 1. The SMILES string of the molecule is CCCCCNC(=O)c1ccc(C)c(C#CCCO)c1. The maximum Gasteiger partial charge on any atom is 0.251 e. The van der Waals surface area contributed by atoms with Crippen LogP contribution in [0, 0.1) is 18.8 Å². The van der Waals surface area contributed by atoms with E-state index in [2.05, 4.69) is 24.1 Å². The molecule has 0 aliphatic heterocycles. The van der Waals surface area contributed by atoms with Crippen LogP contribution in [0.15, 0.2) is 18.2 Å². The maximum absolute atomic E-state index is 12.0. The molecule has 0 heterocycles. The van der Waals surface area contributed by atoms with E-state index in [0.29, 0.717) is 18.5 Å². The van der Waals surface area contributed by atoms with Crippen LogP contribution in [0.2, 0.25) is 0 Å². The monoisotopic (exact) mass is 273 g/mol. The Bertz CT molecular complexity index is 497. The molecule has 0 spiro atoms. The van der Waals surface area contributed by atoms with E-state index in [1.165, 1.54) is 0 Å². The lowest BCUT2D eigenvalue weighted by Gasteiger charge is -2.06. The van der Waals surface area contributed by atoms with E-state index in [0.717, 1.165) is 30.4 Å². The molecular formula is C17H23NO2.